The molecule has 3 nitrogen and oxygen atoms in total. The number of hydrogen-bond acceptors (Lipinski definition) is 3. The van der Waals surface area contributed by atoms with Gasteiger partial charge >= 0.3 is 0 Å². The van der Waals surface area contributed by atoms with E-state index in [0.29, 0.717) is 0 Å². The number of likely N-dealkylation sites (N-methyl/N-ethyl adjacent to an activating group) is 2. The zero-order valence-electron chi connectivity index (χ0n) is 10.4. The van der Waals surface area contributed by atoms with Gasteiger partial charge in [-0.1, -0.05) is 0 Å². The summed E-state index contributed by atoms with van der Waals surface area (Å²) < 4.78 is 0. The van der Waals surface area contributed by atoms with Gasteiger partial charge in [0.05, 0.1) is 0 Å². The monoisotopic (exact) mass is 211 g/mol. The highest BCUT2D eigenvalue weighted by Crippen LogP contribution is 2.22. The van der Waals surface area contributed by atoms with Crippen molar-refractivity contribution in [2.75, 3.05) is 46.8 Å². The van der Waals surface area contributed by atoms with Crippen LogP contribution in [-0.2, 0) is 0 Å². The second kappa shape index (κ2) is 4.81. The summed E-state index contributed by atoms with van der Waals surface area (Å²) in [6.45, 7) is 8.64. The van der Waals surface area contributed by atoms with Gasteiger partial charge in [0.2, 0.25) is 0 Å². The van der Waals surface area contributed by atoms with Crippen molar-refractivity contribution in [3.05, 3.63) is 0 Å². The van der Waals surface area contributed by atoms with Crippen LogP contribution in [0.5, 0.6) is 0 Å². The molecule has 0 amide bonds. The maximum Gasteiger partial charge on any atom is 0.0223 e. The van der Waals surface area contributed by atoms with Gasteiger partial charge in [-0.15, -0.1) is 0 Å². The van der Waals surface area contributed by atoms with E-state index in [1.807, 2.05) is 0 Å². The molecule has 0 N–H and O–H groups in total. The zero-order valence-corrected chi connectivity index (χ0v) is 10.4. The van der Waals surface area contributed by atoms with Crippen molar-refractivity contribution in [2.24, 2.45) is 0 Å². The first-order chi connectivity index (χ1) is 7.16. The van der Waals surface area contributed by atoms with E-state index in [1.165, 1.54) is 45.6 Å². The smallest absolute Gasteiger partial charge is 0.0223 e. The van der Waals surface area contributed by atoms with Gasteiger partial charge < -0.3 is 4.90 Å². The Kier molecular flexibility index (Phi) is 3.65. The Hall–Kier alpha value is -0.120. The zero-order chi connectivity index (χ0) is 10.8. The van der Waals surface area contributed by atoms with Crippen molar-refractivity contribution in [3.63, 3.8) is 0 Å². The minimum atomic E-state index is 0.794. The van der Waals surface area contributed by atoms with E-state index in [9.17, 15) is 0 Å². The molecule has 2 saturated heterocycles. The Bertz CT molecular complexity index is 199. The first-order valence-electron chi connectivity index (χ1n) is 6.29. The molecule has 0 spiro atoms. The molecular weight excluding hydrogens is 186 g/mol. The Labute approximate surface area is 94.0 Å². The summed E-state index contributed by atoms with van der Waals surface area (Å²) in [5.41, 5.74) is 0. The van der Waals surface area contributed by atoms with Crippen molar-refractivity contribution in [1.82, 2.24) is 14.7 Å². The van der Waals surface area contributed by atoms with Crippen LogP contribution in [0.3, 0.4) is 0 Å². The van der Waals surface area contributed by atoms with Gasteiger partial charge in [-0.2, -0.15) is 0 Å². The quantitative estimate of drug-likeness (QED) is 0.666. The summed E-state index contributed by atoms with van der Waals surface area (Å²) in [5.74, 6) is 0. The van der Waals surface area contributed by atoms with Crippen LogP contribution >= 0.6 is 0 Å². The number of likely N-dealkylation sites (tertiary alicyclic amines) is 1. The van der Waals surface area contributed by atoms with Gasteiger partial charge in [0, 0.05) is 44.8 Å². The van der Waals surface area contributed by atoms with Crippen LogP contribution in [0.1, 0.15) is 19.8 Å². The Balaban J connectivity index is 1.77. The number of nitrogens with zero attached hydrogens (tertiary/aromatic N) is 3. The fourth-order valence-electron chi connectivity index (χ4n) is 2.75. The third-order valence-corrected chi connectivity index (χ3v) is 4.25. The van der Waals surface area contributed by atoms with Crippen LogP contribution in [0.15, 0.2) is 0 Å². The van der Waals surface area contributed by atoms with Crippen molar-refractivity contribution >= 4 is 0 Å². The Morgan fingerprint density at radius 1 is 1.00 bits per heavy atom. The number of hydrogen-bond donors (Lipinski definition) is 0. The van der Waals surface area contributed by atoms with E-state index >= 15 is 0 Å². The van der Waals surface area contributed by atoms with Gasteiger partial charge in [-0.3, -0.25) is 9.80 Å². The van der Waals surface area contributed by atoms with Crippen molar-refractivity contribution in [1.29, 1.82) is 0 Å². The minimum absolute atomic E-state index is 0.794. The molecule has 2 atom stereocenters. The molecule has 88 valence electrons. The molecule has 0 radical (unpaired) electrons. The molecule has 2 unspecified atom stereocenters. The molecule has 3 heteroatoms. The van der Waals surface area contributed by atoms with Gasteiger partial charge in [-0.25, -0.2) is 0 Å². The molecule has 2 rings (SSSR count). The SMILES string of the molecule is CC1CCC(CN2CCN(C)CC2)N1C. The fraction of sp³-hybridized carbons (Fsp3) is 1.00. The molecule has 0 saturated carbocycles. The number of rotatable bonds is 2. The third-order valence-electron chi connectivity index (χ3n) is 4.25. The lowest BCUT2D eigenvalue weighted by Crippen LogP contribution is -2.49. The highest BCUT2D eigenvalue weighted by atomic mass is 15.3. The molecule has 2 aliphatic heterocycles. The van der Waals surface area contributed by atoms with Crippen LogP contribution in [0.4, 0.5) is 0 Å². The summed E-state index contributed by atoms with van der Waals surface area (Å²) >= 11 is 0. The molecule has 0 aromatic carbocycles. The van der Waals surface area contributed by atoms with Gasteiger partial charge in [0.1, 0.15) is 0 Å². The molecule has 2 fully saturated rings. The summed E-state index contributed by atoms with van der Waals surface area (Å²) in [6, 6.07) is 1.60. The minimum Gasteiger partial charge on any atom is -0.304 e. The predicted molar refractivity (Wildman–Crippen MR) is 64.2 cm³/mol. The Morgan fingerprint density at radius 2 is 1.67 bits per heavy atom. The molecule has 0 aromatic rings. The number of piperazine rings is 1. The summed E-state index contributed by atoms with van der Waals surface area (Å²) in [4.78, 5) is 7.63. The van der Waals surface area contributed by atoms with Crippen LogP contribution in [0, 0.1) is 0 Å². The first-order valence-corrected chi connectivity index (χ1v) is 6.29. The van der Waals surface area contributed by atoms with Gasteiger partial charge in [0.25, 0.3) is 0 Å². The molecule has 15 heavy (non-hydrogen) atoms. The maximum atomic E-state index is 2.64. The van der Waals surface area contributed by atoms with E-state index < -0.39 is 0 Å². The molecule has 2 aliphatic rings. The molecule has 0 aromatic heterocycles. The third kappa shape index (κ3) is 2.71. The average Bonchev–Trinajstić information content (AvgIpc) is 2.53. The van der Waals surface area contributed by atoms with Crippen LogP contribution in [0.2, 0.25) is 0 Å². The van der Waals surface area contributed by atoms with E-state index in [2.05, 4.69) is 35.7 Å². The van der Waals surface area contributed by atoms with Crippen LogP contribution in [0.25, 0.3) is 0 Å². The topological polar surface area (TPSA) is 9.72 Å². The van der Waals surface area contributed by atoms with Crippen molar-refractivity contribution in [2.45, 2.75) is 31.8 Å². The normalized spacial score (nSPS) is 36.2. The van der Waals surface area contributed by atoms with Gasteiger partial charge in [0.15, 0.2) is 0 Å². The summed E-state index contributed by atoms with van der Waals surface area (Å²) in [6.07, 6.45) is 2.78. The molecular formula is C12H25N3. The fourth-order valence-corrected chi connectivity index (χ4v) is 2.75. The van der Waals surface area contributed by atoms with E-state index in [4.69, 9.17) is 0 Å². The largest absolute Gasteiger partial charge is 0.304 e. The highest BCUT2D eigenvalue weighted by Gasteiger charge is 2.29. The second-order valence-corrected chi connectivity index (χ2v) is 5.35. The van der Waals surface area contributed by atoms with Crippen LogP contribution < -0.4 is 0 Å². The molecule has 0 aliphatic carbocycles. The summed E-state index contributed by atoms with van der Waals surface area (Å²) in [7, 11) is 4.51. The van der Waals surface area contributed by atoms with Crippen LogP contribution in [-0.4, -0.2) is 73.6 Å². The van der Waals surface area contributed by atoms with E-state index in [0.717, 1.165) is 12.1 Å². The highest BCUT2D eigenvalue weighted by molar-refractivity contribution is 4.85. The lowest BCUT2D eigenvalue weighted by molar-refractivity contribution is 0.118. The van der Waals surface area contributed by atoms with Crippen molar-refractivity contribution < 1.29 is 0 Å². The van der Waals surface area contributed by atoms with Gasteiger partial charge in [-0.05, 0) is 33.9 Å². The lowest BCUT2D eigenvalue weighted by Gasteiger charge is -2.35. The Morgan fingerprint density at radius 3 is 2.20 bits per heavy atom. The predicted octanol–water partition coefficient (Wildman–Crippen LogP) is 0.717. The first kappa shape index (κ1) is 11.4. The average molecular weight is 211 g/mol. The molecule has 0 bridgehead atoms. The van der Waals surface area contributed by atoms with E-state index in [1.54, 1.807) is 0 Å². The summed E-state index contributed by atoms with van der Waals surface area (Å²) in [5, 5.41) is 0. The lowest BCUT2D eigenvalue weighted by atomic mass is 10.2. The second-order valence-electron chi connectivity index (χ2n) is 5.35. The standard InChI is InChI=1S/C12H25N3/c1-11-4-5-12(14(11)3)10-15-8-6-13(2)7-9-15/h11-12H,4-10H2,1-3H3. The van der Waals surface area contributed by atoms with Crippen molar-refractivity contribution in [3.8, 4) is 0 Å². The molecule has 2 heterocycles. The van der Waals surface area contributed by atoms with E-state index in [-0.39, 0.29) is 0 Å². The maximum absolute atomic E-state index is 2.64.